The molecule has 0 radical (unpaired) electrons. The molecule has 0 bridgehead atoms. The molecule has 3 atom stereocenters. The van der Waals surface area contributed by atoms with E-state index in [2.05, 4.69) is 10.6 Å². The maximum absolute atomic E-state index is 11.8. The number of aliphatic hydroxyl groups excluding tert-OH is 1. The Morgan fingerprint density at radius 3 is 2.30 bits per heavy atom. The van der Waals surface area contributed by atoms with Crippen LogP contribution in [0.5, 0.6) is 0 Å². The highest BCUT2D eigenvalue weighted by atomic mass is 16.3. The minimum absolute atomic E-state index is 0.259. The van der Waals surface area contributed by atoms with E-state index in [1.54, 1.807) is 13.8 Å². The summed E-state index contributed by atoms with van der Waals surface area (Å²) in [5, 5.41) is 15.3. The fourth-order valence-corrected chi connectivity index (χ4v) is 1.85. The maximum Gasteiger partial charge on any atom is 0.242 e. The van der Waals surface area contributed by atoms with E-state index < -0.39 is 12.1 Å². The Bertz CT molecular complexity index is 448. The third-order valence-corrected chi connectivity index (χ3v) is 3.05. The maximum atomic E-state index is 11.8. The quantitative estimate of drug-likeness (QED) is 0.714. The van der Waals surface area contributed by atoms with E-state index in [-0.39, 0.29) is 17.9 Å². The Morgan fingerprint density at radius 1 is 1.15 bits per heavy atom. The predicted octanol–water partition coefficient (Wildman–Crippen LogP) is 0.619. The van der Waals surface area contributed by atoms with Gasteiger partial charge >= 0.3 is 0 Å². The first-order chi connectivity index (χ1) is 9.40. The van der Waals surface area contributed by atoms with Gasteiger partial charge in [-0.25, -0.2) is 0 Å². The van der Waals surface area contributed by atoms with Crippen molar-refractivity contribution in [2.75, 3.05) is 0 Å². The predicted molar refractivity (Wildman–Crippen MR) is 77.0 cm³/mol. The molecule has 20 heavy (non-hydrogen) atoms. The summed E-state index contributed by atoms with van der Waals surface area (Å²) in [6, 6.07) is 8.58. The number of carbonyl (C=O) groups is 2. The summed E-state index contributed by atoms with van der Waals surface area (Å²) >= 11 is 0. The zero-order chi connectivity index (χ0) is 15.1. The van der Waals surface area contributed by atoms with E-state index in [1.165, 1.54) is 6.92 Å². The highest BCUT2D eigenvalue weighted by molar-refractivity contribution is 5.86. The van der Waals surface area contributed by atoms with Crippen LogP contribution in [-0.4, -0.2) is 35.1 Å². The molecular weight excluding hydrogens is 256 g/mol. The van der Waals surface area contributed by atoms with Crippen LogP contribution in [0.1, 0.15) is 26.3 Å². The van der Waals surface area contributed by atoms with Crippen molar-refractivity contribution in [1.82, 2.24) is 10.6 Å². The standard InChI is InChI=1S/C15H22N2O3/c1-10(17-15(20)11(2)16-12(3)18)14(19)9-13-7-5-4-6-8-13/h4-8,10-11,14,19H,9H2,1-3H3,(H,16,18)(H,17,20). The summed E-state index contributed by atoms with van der Waals surface area (Å²) in [7, 11) is 0. The lowest BCUT2D eigenvalue weighted by atomic mass is 10.0. The molecule has 5 heteroatoms. The van der Waals surface area contributed by atoms with Crippen LogP contribution < -0.4 is 10.6 Å². The van der Waals surface area contributed by atoms with Gasteiger partial charge < -0.3 is 15.7 Å². The molecule has 0 heterocycles. The molecule has 1 aromatic rings. The SMILES string of the molecule is CC(=O)NC(C)C(=O)NC(C)C(O)Cc1ccccc1. The molecule has 1 rings (SSSR count). The van der Waals surface area contributed by atoms with Crippen molar-refractivity contribution in [2.24, 2.45) is 0 Å². The van der Waals surface area contributed by atoms with E-state index in [9.17, 15) is 14.7 Å². The fraction of sp³-hybridized carbons (Fsp3) is 0.467. The molecule has 0 saturated heterocycles. The molecular formula is C15H22N2O3. The van der Waals surface area contributed by atoms with Crippen LogP contribution in [-0.2, 0) is 16.0 Å². The summed E-state index contributed by atoms with van der Waals surface area (Å²) in [5.41, 5.74) is 1.01. The topological polar surface area (TPSA) is 78.4 Å². The highest BCUT2D eigenvalue weighted by Gasteiger charge is 2.20. The van der Waals surface area contributed by atoms with Gasteiger partial charge in [-0.1, -0.05) is 30.3 Å². The van der Waals surface area contributed by atoms with Crippen molar-refractivity contribution >= 4 is 11.8 Å². The monoisotopic (exact) mass is 278 g/mol. The summed E-state index contributed by atoms with van der Waals surface area (Å²) < 4.78 is 0. The molecule has 0 spiro atoms. The van der Waals surface area contributed by atoms with E-state index in [1.807, 2.05) is 30.3 Å². The molecule has 0 fully saturated rings. The lowest BCUT2D eigenvalue weighted by Crippen LogP contribution is -2.50. The Morgan fingerprint density at radius 2 is 1.75 bits per heavy atom. The average molecular weight is 278 g/mol. The van der Waals surface area contributed by atoms with Gasteiger partial charge in [0.1, 0.15) is 6.04 Å². The Kier molecular flexibility index (Phi) is 6.18. The van der Waals surface area contributed by atoms with Crippen molar-refractivity contribution in [1.29, 1.82) is 0 Å². The van der Waals surface area contributed by atoms with Gasteiger partial charge in [0.05, 0.1) is 12.1 Å². The van der Waals surface area contributed by atoms with Crippen LogP contribution in [0, 0.1) is 0 Å². The minimum atomic E-state index is -0.675. The molecule has 0 aliphatic heterocycles. The fourth-order valence-electron chi connectivity index (χ4n) is 1.85. The number of hydrogen-bond acceptors (Lipinski definition) is 3. The van der Waals surface area contributed by atoms with E-state index in [0.717, 1.165) is 5.56 Å². The van der Waals surface area contributed by atoms with Crippen molar-refractivity contribution in [2.45, 2.75) is 45.4 Å². The second-order valence-electron chi connectivity index (χ2n) is 4.98. The number of rotatable bonds is 6. The Hall–Kier alpha value is -1.88. The number of carbonyl (C=O) groups excluding carboxylic acids is 2. The first-order valence-corrected chi connectivity index (χ1v) is 6.69. The Labute approximate surface area is 119 Å². The van der Waals surface area contributed by atoms with Crippen molar-refractivity contribution in [3.8, 4) is 0 Å². The zero-order valence-electron chi connectivity index (χ0n) is 12.1. The van der Waals surface area contributed by atoms with Gasteiger partial charge in [-0.2, -0.15) is 0 Å². The van der Waals surface area contributed by atoms with E-state index in [4.69, 9.17) is 0 Å². The van der Waals surface area contributed by atoms with Crippen molar-refractivity contribution in [3.63, 3.8) is 0 Å². The number of amides is 2. The minimum Gasteiger partial charge on any atom is -0.391 e. The summed E-state index contributed by atoms with van der Waals surface area (Å²) in [4.78, 5) is 22.7. The summed E-state index contributed by atoms with van der Waals surface area (Å²) in [6.07, 6.45) is -0.206. The second-order valence-corrected chi connectivity index (χ2v) is 4.98. The molecule has 0 aliphatic carbocycles. The zero-order valence-corrected chi connectivity index (χ0v) is 12.1. The lowest BCUT2D eigenvalue weighted by Gasteiger charge is -2.22. The van der Waals surface area contributed by atoms with Crippen LogP contribution in [0.2, 0.25) is 0 Å². The molecule has 0 aromatic heterocycles. The smallest absolute Gasteiger partial charge is 0.242 e. The summed E-state index contributed by atoms with van der Waals surface area (Å²) in [6.45, 7) is 4.70. The second kappa shape index (κ2) is 7.65. The molecule has 2 amide bonds. The average Bonchev–Trinajstić information content (AvgIpc) is 2.38. The third-order valence-electron chi connectivity index (χ3n) is 3.05. The first-order valence-electron chi connectivity index (χ1n) is 6.69. The van der Waals surface area contributed by atoms with Gasteiger partial charge in [-0.3, -0.25) is 9.59 Å². The molecule has 110 valence electrons. The van der Waals surface area contributed by atoms with Gasteiger partial charge in [0, 0.05) is 13.3 Å². The largest absolute Gasteiger partial charge is 0.391 e. The number of aliphatic hydroxyl groups is 1. The van der Waals surface area contributed by atoms with E-state index in [0.29, 0.717) is 6.42 Å². The van der Waals surface area contributed by atoms with Gasteiger partial charge in [0.2, 0.25) is 11.8 Å². The van der Waals surface area contributed by atoms with Gasteiger partial charge in [-0.05, 0) is 19.4 Å². The van der Waals surface area contributed by atoms with Gasteiger partial charge in [-0.15, -0.1) is 0 Å². The van der Waals surface area contributed by atoms with Crippen LogP contribution in [0.4, 0.5) is 0 Å². The van der Waals surface area contributed by atoms with E-state index >= 15 is 0 Å². The Balaban J connectivity index is 2.47. The highest BCUT2D eigenvalue weighted by Crippen LogP contribution is 2.06. The van der Waals surface area contributed by atoms with Gasteiger partial charge in [0.15, 0.2) is 0 Å². The number of hydrogen-bond donors (Lipinski definition) is 3. The molecule has 0 aliphatic rings. The van der Waals surface area contributed by atoms with Crippen LogP contribution in [0.3, 0.4) is 0 Å². The third kappa shape index (κ3) is 5.40. The van der Waals surface area contributed by atoms with Crippen LogP contribution in [0.25, 0.3) is 0 Å². The van der Waals surface area contributed by atoms with Gasteiger partial charge in [0.25, 0.3) is 0 Å². The van der Waals surface area contributed by atoms with Crippen molar-refractivity contribution in [3.05, 3.63) is 35.9 Å². The molecule has 1 aromatic carbocycles. The van der Waals surface area contributed by atoms with Crippen LogP contribution >= 0.6 is 0 Å². The lowest BCUT2D eigenvalue weighted by molar-refractivity contribution is -0.128. The first kappa shape index (κ1) is 16.2. The molecule has 0 saturated carbocycles. The number of benzene rings is 1. The molecule has 5 nitrogen and oxygen atoms in total. The molecule has 3 N–H and O–H groups in total. The number of nitrogens with one attached hydrogen (secondary N) is 2. The molecule has 3 unspecified atom stereocenters. The normalized spacial score (nSPS) is 15.0. The van der Waals surface area contributed by atoms with Crippen molar-refractivity contribution < 1.29 is 14.7 Å². The van der Waals surface area contributed by atoms with Crippen LogP contribution in [0.15, 0.2) is 30.3 Å². The summed E-state index contributed by atoms with van der Waals surface area (Å²) in [5.74, 6) is -0.565.